The third kappa shape index (κ3) is 4.29. The molecule has 0 aliphatic heterocycles. The lowest BCUT2D eigenvalue weighted by Crippen LogP contribution is -2.29. The van der Waals surface area contributed by atoms with Gasteiger partial charge in [0, 0.05) is 17.0 Å². The van der Waals surface area contributed by atoms with Gasteiger partial charge in [0.1, 0.15) is 5.75 Å². The minimum Gasteiger partial charge on any atom is -0.506 e. The average molecular weight is 306 g/mol. The SMILES string of the molecule is CCC(=O)N[C@@H](CC(=O)O)c1cc(Cl)cc(Cl)c1O. The highest BCUT2D eigenvalue weighted by Crippen LogP contribution is 2.36. The monoisotopic (exact) mass is 305 g/mol. The van der Waals surface area contributed by atoms with E-state index >= 15 is 0 Å². The second-order valence-corrected chi connectivity index (χ2v) is 4.74. The van der Waals surface area contributed by atoms with Gasteiger partial charge in [-0.25, -0.2) is 0 Å². The van der Waals surface area contributed by atoms with Gasteiger partial charge in [0.15, 0.2) is 0 Å². The molecule has 0 saturated carbocycles. The maximum atomic E-state index is 11.4. The van der Waals surface area contributed by atoms with Gasteiger partial charge in [-0.2, -0.15) is 0 Å². The van der Waals surface area contributed by atoms with Crippen molar-refractivity contribution in [2.24, 2.45) is 0 Å². The predicted molar refractivity (Wildman–Crippen MR) is 71.6 cm³/mol. The van der Waals surface area contributed by atoms with Gasteiger partial charge in [-0.3, -0.25) is 9.59 Å². The van der Waals surface area contributed by atoms with Crippen LogP contribution in [0, 0.1) is 0 Å². The second kappa shape index (κ2) is 6.63. The zero-order valence-electron chi connectivity index (χ0n) is 10.1. The van der Waals surface area contributed by atoms with Crippen LogP contribution >= 0.6 is 23.2 Å². The lowest BCUT2D eigenvalue weighted by molar-refractivity contribution is -0.137. The first-order valence-corrected chi connectivity index (χ1v) is 6.29. The molecule has 0 unspecified atom stereocenters. The molecule has 0 heterocycles. The van der Waals surface area contributed by atoms with Crippen LogP contribution in [0.25, 0.3) is 0 Å². The molecule has 0 aliphatic carbocycles. The van der Waals surface area contributed by atoms with Crippen LogP contribution in [-0.2, 0) is 9.59 Å². The van der Waals surface area contributed by atoms with Gasteiger partial charge in [-0.05, 0) is 12.1 Å². The van der Waals surface area contributed by atoms with Crippen molar-refractivity contribution in [3.63, 3.8) is 0 Å². The number of aliphatic carboxylic acids is 1. The van der Waals surface area contributed by atoms with Crippen LogP contribution in [0.1, 0.15) is 31.4 Å². The molecule has 3 N–H and O–H groups in total. The Kier molecular flexibility index (Phi) is 5.44. The van der Waals surface area contributed by atoms with E-state index in [-0.39, 0.29) is 40.1 Å². The van der Waals surface area contributed by atoms with Gasteiger partial charge in [-0.15, -0.1) is 0 Å². The fourth-order valence-corrected chi connectivity index (χ4v) is 2.07. The quantitative estimate of drug-likeness (QED) is 0.780. The number of carboxylic acids is 1. The fraction of sp³-hybridized carbons (Fsp3) is 0.333. The summed E-state index contributed by atoms with van der Waals surface area (Å²) in [5.41, 5.74) is 0.182. The van der Waals surface area contributed by atoms with Crippen molar-refractivity contribution in [3.05, 3.63) is 27.7 Å². The van der Waals surface area contributed by atoms with Gasteiger partial charge in [0.2, 0.25) is 5.91 Å². The number of halogens is 2. The number of hydrogen-bond acceptors (Lipinski definition) is 3. The number of rotatable bonds is 5. The van der Waals surface area contributed by atoms with E-state index in [1.165, 1.54) is 12.1 Å². The molecule has 1 rings (SSSR count). The molecule has 0 aliphatic rings. The molecular formula is C12H13Cl2NO4. The summed E-state index contributed by atoms with van der Waals surface area (Å²) in [6.07, 6.45) is -0.179. The minimum atomic E-state index is -1.11. The number of carbonyl (C=O) groups excluding carboxylic acids is 1. The van der Waals surface area contributed by atoms with Crippen molar-refractivity contribution in [2.75, 3.05) is 0 Å². The van der Waals surface area contributed by atoms with Crippen LogP contribution in [0.3, 0.4) is 0 Å². The summed E-state index contributed by atoms with van der Waals surface area (Å²) in [5.74, 6) is -1.73. The first kappa shape index (κ1) is 15.6. The lowest BCUT2D eigenvalue weighted by atomic mass is 10.0. The number of aromatic hydroxyl groups is 1. The molecule has 5 nitrogen and oxygen atoms in total. The number of amides is 1. The van der Waals surface area contributed by atoms with E-state index in [1.54, 1.807) is 6.92 Å². The Balaban J connectivity index is 3.16. The molecule has 1 atom stereocenters. The number of benzene rings is 1. The van der Waals surface area contributed by atoms with Crippen molar-refractivity contribution in [3.8, 4) is 5.75 Å². The molecule has 1 amide bonds. The van der Waals surface area contributed by atoms with E-state index in [1.807, 2.05) is 0 Å². The molecule has 0 aromatic heterocycles. The van der Waals surface area contributed by atoms with Crippen LogP contribution in [0.4, 0.5) is 0 Å². The Labute approximate surface area is 120 Å². The van der Waals surface area contributed by atoms with Crippen LogP contribution in [0.5, 0.6) is 5.75 Å². The smallest absolute Gasteiger partial charge is 0.305 e. The van der Waals surface area contributed by atoms with Gasteiger partial charge >= 0.3 is 5.97 Å². The Morgan fingerprint density at radius 2 is 2.00 bits per heavy atom. The predicted octanol–water partition coefficient (Wildman–Crippen LogP) is 2.74. The number of carboxylic acid groups (broad SMARTS) is 1. The standard InChI is InChI=1S/C12H13Cl2NO4/c1-2-10(16)15-9(5-11(17)18)7-3-6(13)4-8(14)12(7)19/h3-4,9,19H,2,5H2,1H3,(H,15,16)(H,17,18)/t9-/m0/s1. The molecule has 1 aromatic rings. The van der Waals surface area contributed by atoms with Crippen LogP contribution < -0.4 is 5.32 Å². The molecule has 0 bridgehead atoms. The molecule has 0 fully saturated rings. The number of phenols is 1. The van der Waals surface area contributed by atoms with E-state index < -0.39 is 12.0 Å². The largest absolute Gasteiger partial charge is 0.506 e. The van der Waals surface area contributed by atoms with Crippen molar-refractivity contribution >= 4 is 35.1 Å². The summed E-state index contributed by atoms with van der Waals surface area (Å²) in [6.45, 7) is 1.64. The molecule has 0 saturated heterocycles. The van der Waals surface area contributed by atoms with Crippen molar-refractivity contribution < 1.29 is 19.8 Å². The highest BCUT2D eigenvalue weighted by Gasteiger charge is 2.22. The summed E-state index contributed by atoms with van der Waals surface area (Å²) in [4.78, 5) is 22.2. The third-order valence-electron chi connectivity index (χ3n) is 2.47. The summed E-state index contributed by atoms with van der Waals surface area (Å²) in [6, 6.07) is 1.83. The molecule has 0 radical (unpaired) electrons. The first-order valence-electron chi connectivity index (χ1n) is 5.54. The Morgan fingerprint density at radius 1 is 1.37 bits per heavy atom. The van der Waals surface area contributed by atoms with E-state index in [0.717, 1.165) is 0 Å². The highest BCUT2D eigenvalue weighted by atomic mass is 35.5. The van der Waals surface area contributed by atoms with Gasteiger partial charge in [0.05, 0.1) is 17.5 Å². The Morgan fingerprint density at radius 3 is 2.53 bits per heavy atom. The van der Waals surface area contributed by atoms with Crippen molar-refractivity contribution in [2.45, 2.75) is 25.8 Å². The van der Waals surface area contributed by atoms with Gasteiger partial charge in [-0.1, -0.05) is 30.1 Å². The molecular weight excluding hydrogens is 293 g/mol. The maximum Gasteiger partial charge on any atom is 0.305 e. The van der Waals surface area contributed by atoms with E-state index in [4.69, 9.17) is 28.3 Å². The van der Waals surface area contributed by atoms with Gasteiger partial charge in [0.25, 0.3) is 0 Å². The summed E-state index contributed by atoms with van der Waals surface area (Å²) in [7, 11) is 0. The number of carbonyl (C=O) groups is 2. The first-order chi connectivity index (χ1) is 8.85. The number of hydrogen-bond donors (Lipinski definition) is 3. The van der Waals surface area contributed by atoms with E-state index in [0.29, 0.717) is 0 Å². The normalized spacial score (nSPS) is 11.9. The number of phenolic OH excluding ortho intramolecular Hbond substituents is 1. The highest BCUT2D eigenvalue weighted by molar-refractivity contribution is 6.35. The summed E-state index contributed by atoms with van der Waals surface area (Å²) >= 11 is 11.6. The molecule has 7 heteroatoms. The topological polar surface area (TPSA) is 86.6 Å². The van der Waals surface area contributed by atoms with Crippen LogP contribution in [-0.4, -0.2) is 22.1 Å². The fourth-order valence-electron chi connectivity index (χ4n) is 1.56. The molecule has 1 aromatic carbocycles. The van der Waals surface area contributed by atoms with E-state index in [9.17, 15) is 14.7 Å². The zero-order chi connectivity index (χ0) is 14.6. The molecule has 104 valence electrons. The van der Waals surface area contributed by atoms with Crippen molar-refractivity contribution in [1.29, 1.82) is 0 Å². The zero-order valence-corrected chi connectivity index (χ0v) is 11.6. The number of nitrogens with one attached hydrogen (secondary N) is 1. The van der Waals surface area contributed by atoms with Gasteiger partial charge < -0.3 is 15.5 Å². The molecule has 19 heavy (non-hydrogen) atoms. The minimum absolute atomic E-state index is 0.00337. The Bertz CT molecular complexity index is 505. The maximum absolute atomic E-state index is 11.4. The summed E-state index contributed by atoms with van der Waals surface area (Å²) < 4.78 is 0. The lowest BCUT2D eigenvalue weighted by Gasteiger charge is -2.19. The summed E-state index contributed by atoms with van der Waals surface area (Å²) in [5, 5.41) is 21.5. The van der Waals surface area contributed by atoms with Crippen LogP contribution in [0.2, 0.25) is 10.0 Å². The van der Waals surface area contributed by atoms with Crippen LogP contribution in [0.15, 0.2) is 12.1 Å². The second-order valence-electron chi connectivity index (χ2n) is 3.90. The van der Waals surface area contributed by atoms with Crippen molar-refractivity contribution in [1.82, 2.24) is 5.32 Å². The third-order valence-corrected chi connectivity index (χ3v) is 2.97. The van der Waals surface area contributed by atoms with E-state index in [2.05, 4.69) is 5.32 Å². The average Bonchev–Trinajstić information content (AvgIpc) is 2.32. The molecule has 0 spiro atoms. The Hall–Kier alpha value is -1.46.